The Bertz CT molecular complexity index is 702. The lowest BCUT2D eigenvalue weighted by molar-refractivity contribution is -0.0158. The normalized spacial score (nSPS) is 19.1. The minimum absolute atomic E-state index is 0.161. The SMILES string of the molecule is Cc1cc([C@@H]2CN(C(=O)N[C@@H](C)c3ccco3)CCO2)ccc1F. The van der Waals surface area contributed by atoms with Crippen LogP contribution in [0.25, 0.3) is 0 Å². The van der Waals surface area contributed by atoms with Gasteiger partial charge in [0.1, 0.15) is 17.7 Å². The van der Waals surface area contributed by atoms with Crippen molar-refractivity contribution in [1.29, 1.82) is 0 Å². The highest BCUT2D eigenvalue weighted by Gasteiger charge is 2.26. The van der Waals surface area contributed by atoms with Crippen molar-refractivity contribution in [2.24, 2.45) is 0 Å². The summed E-state index contributed by atoms with van der Waals surface area (Å²) in [6.07, 6.45) is 1.34. The number of halogens is 1. The van der Waals surface area contributed by atoms with E-state index in [-0.39, 0.29) is 24.0 Å². The number of carbonyl (C=O) groups is 1. The van der Waals surface area contributed by atoms with Crippen LogP contribution in [0.15, 0.2) is 41.0 Å². The van der Waals surface area contributed by atoms with Crippen LogP contribution in [-0.4, -0.2) is 30.6 Å². The van der Waals surface area contributed by atoms with Crippen LogP contribution in [0.1, 0.15) is 36.0 Å². The topological polar surface area (TPSA) is 54.7 Å². The van der Waals surface area contributed by atoms with Crippen LogP contribution in [0.5, 0.6) is 0 Å². The molecular weight excluding hydrogens is 311 g/mol. The number of hydrogen-bond acceptors (Lipinski definition) is 3. The highest BCUT2D eigenvalue weighted by Crippen LogP contribution is 2.24. The Morgan fingerprint density at radius 2 is 2.25 bits per heavy atom. The maximum atomic E-state index is 13.4. The largest absolute Gasteiger partial charge is 0.467 e. The average Bonchev–Trinajstić information content (AvgIpc) is 3.12. The fourth-order valence-electron chi connectivity index (χ4n) is 2.79. The number of aryl methyl sites for hydroxylation is 1. The van der Waals surface area contributed by atoms with Gasteiger partial charge in [0.25, 0.3) is 0 Å². The van der Waals surface area contributed by atoms with E-state index in [0.29, 0.717) is 31.0 Å². The molecule has 1 aliphatic rings. The third-order valence-electron chi connectivity index (χ3n) is 4.22. The van der Waals surface area contributed by atoms with Gasteiger partial charge in [-0.1, -0.05) is 12.1 Å². The van der Waals surface area contributed by atoms with Crippen molar-refractivity contribution in [3.63, 3.8) is 0 Å². The van der Waals surface area contributed by atoms with E-state index in [1.165, 1.54) is 6.07 Å². The molecule has 0 aliphatic carbocycles. The predicted molar refractivity (Wildman–Crippen MR) is 87.1 cm³/mol. The number of ether oxygens (including phenoxy) is 1. The van der Waals surface area contributed by atoms with Gasteiger partial charge in [0, 0.05) is 6.54 Å². The van der Waals surface area contributed by atoms with Gasteiger partial charge in [-0.25, -0.2) is 9.18 Å². The van der Waals surface area contributed by atoms with E-state index in [2.05, 4.69) is 5.32 Å². The molecule has 1 aliphatic heterocycles. The van der Waals surface area contributed by atoms with Gasteiger partial charge in [0.15, 0.2) is 0 Å². The fraction of sp³-hybridized carbons (Fsp3) is 0.389. The number of nitrogens with zero attached hydrogens (tertiary/aromatic N) is 1. The maximum absolute atomic E-state index is 13.4. The molecular formula is C18H21FN2O3. The number of hydrogen-bond donors (Lipinski definition) is 1. The Kier molecular flexibility index (Phi) is 4.85. The quantitative estimate of drug-likeness (QED) is 0.935. The Morgan fingerprint density at radius 1 is 1.42 bits per heavy atom. The molecule has 2 amide bonds. The second-order valence-electron chi connectivity index (χ2n) is 6.00. The number of urea groups is 1. The van der Waals surface area contributed by atoms with Gasteiger partial charge in [-0.3, -0.25) is 0 Å². The zero-order valence-corrected chi connectivity index (χ0v) is 13.8. The number of furan rings is 1. The molecule has 2 atom stereocenters. The first-order valence-corrected chi connectivity index (χ1v) is 8.01. The Labute approximate surface area is 140 Å². The average molecular weight is 332 g/mol. The molecule has 0 radical (unpaired) electrons. The summed E-state index contributed by atoms with van der Waals surface area (Å²) in [5.41, 5.74) is 1.45. The molecule has 1 saturated heterocycles. The van der Waals surface area contributed by atoms with E-state index in [4.69, 9.17) is 9.15 Å². The van der Waals surface area contributed by atoms with Gasteiger partial charge in [0.05, 0.1) is 25.5 Å². The lowest BCUT2D eigenvalue weighted by Crippen LogP contribution is -2.47. The van der Waals surface area contributed by atoms with E-state index in [1.807, 2.05) is 13.0 Å². The predicted octanol–water partition coefficient (Wildman–Crippen LogP) is 3.57. The number of nitrogens with one attached hydrogen (secondary N) is 1. The Morgan fingerprint density at radius 3 is 2.96 bits per heavy atom. The van der Waals surface area contributed by atoms with Crippen molar-refractivity contribution in [2.75, 3.05) is 19.7 Å². The number of carbonyl (C=O) groups excluding carboxylic acids is 1. The van der Waals surface area contributed by atoms with Gasteiger partial charge in [-0.15, -0.1) is 0 Å². The number of rotatable bonds is 3. The standard InChI is InChI=1S/C18H21FN2O3/c1-12-10-14(5-6-15(12)19)17-11-21(7-9-24-17)18(22)20-13(2)16-4-3-8-23-16/h3-6,8,10,13,17H,7,9,11H2,1-2H3,(H,20,22)/t13-,17-/m0/s1. The van der Waals surface area contributed by atoms with Crippen molar-refractivity contribution >= 4 is 6.03 Å². The molecule has 0 saturated carbocycles. The van der Waals surface area contributed by atoms with Gasteiger partial charge >= 0.3 is 6.03 Å². The van der Waals surface area contributed by atoms with Crippen molar-refractivity contribution in [1.82, 2.24) is 10.2 Å². The molecule has 0 unspecified atom stereocenters. The van der Waals surface area contributed by atoms with Gasteiger partial charge in [-0.2, -0.15) is 0 Å². The number of amides is 2. The van der Waals surface area contributed by atoms with Crippen LogP contribution in [0.2, 0.25) is 0 Å². The molecule has 24 heavy (non-hydrogen) atoms. The van der Waals surface area contributed by atoms with Crippen molar-refractivity contribution in [3.05, 3.63) is 59.3 Å². The Hall–Kier alpha value is -2.34. The lowest BCUT2D eigenvalue weighted by Gasteiger charge is -2.34. The van der Waals surface area contributed by atoms with Crippen molar-refractivity contribution in [3.8, 4) is 0 Å². The molecule has 5 nitrogen and oxygen atoms in total. The number of morpholine rings is 1. The minimum atomic E-state index is -0.247. The van der Waals surface area contributed by atoms with Gasteiger partial charge in [-0.05, 0) is 43.2 Å². The highest BCUT2D eigenvalue weighted by atomic mass is 19.1. The molecule has 3 rings (SSSR count). The van der Waals surface area contributed by atoms with Crippen molar-refractivity contribution in [2.45, 2.75) is 26.0 Å². The highest BCUT2D eigenvalue weighted by molar-refractivity contribution is 5.74. The summed E-state index contributed by atoms with van der Waals surface area (Å²) < 4.78 is 24.5. The van der Waals surface area contributed by atoms with E-state index >= 15 is 0 Å². The molecule has 128 valence electrons. The second-order valence-corrected chi connectivity index (χ2v) is 6.00. The molecule has 2 aromatic rings. The van der Waals surface area contributed by atoms with Crippen LogP contribution in [0, 0.1) is 12.7 Å². The van der Waals surface area contributed by atoms with Crippen LogP contribution in [0.4, 0.5) is 9.18 Å². The summed E-state index contributed by atoms with van der Waals surface area (Å²) in [5, 5.41) is 2.92. The monoisotopic (exact) mass is 332 g/mol. The Balaban J connectivity index is 1.64. The smallest absolute Gasteiger partial charge is 0.318 e. The molecule has 2 heterocycles. The molecule has 0 bridgehead atoms. The van der Waals surface area contributed by atoms with Crippen LogP contribution in [0.3, 0.4) is 0 Å². The van der Waals surface area contributed by atoms with Crippen LogP contribution >= 0.6 is 0 Å². The maximum Gasteiger partial charge on any atom is 0.318 e. The summed E-state index contributed by atoms with van der Waals surface area (Å²) in [5.74, 6) is 0.471. The summed E-state index contributed by atoms with van der Waals surface area (Å²) in [7, 11) is 0. The van der Waals surface area contributed by atoms with E-state index in [9.17, 15) is 9.18 Å². The van der Waals surface area contributed by atoms with E-state index in [1.54, 1.807) is 36.3 Å². The molecule has 1 fully saturated rings. The summed E-state index contributed by atoms with van der Waals surface area (Å²) in [4.78, 5) is 14.2. The van der Waals surface area contributed by atoms with E-state index < -0.39 is 0 Å². The zero-order valence-electron chi connectivity index (χ0n) is 13.8. The van der Waals surface area contributed by atoms with Gasteiger partial charge in [0.2, 0.25) is 0 Å². The number of benzene rings is 1. The van der Waals surface area contributed by atoms with Crippen LogP contribution in [-0.2, 0) is 4.74 Å². The summed E-state index contributed by atoms with van der Waals surface area (Å²) in [6.45, 7) is 4.99. The third kappa shape index (κ3) is 3.59. The van der Waals surface area contributed by atoms with Crippen molar-refractivity contribution < 1.29 is 18.3 Å². The fourth-order valence-corrected chi connectivity index (χ4v) is 2.79. The minimum Gasteiger partial charge on any atom is -0.467 e. The first-order valence-electron chi connectivity index (χ1n) is 8.01. The lowest BCUT2D eigenvalue weighted by atomic mass is 10.0. The second kappa shape index (κ2) is 7.05. The summed E-state index contributed by atoms with van der Waals surface area (Å²) >= 11 is 0. The van der Waals surface area contributed by atoms with E-state index in [0.717, 1.165) is 5.56 Å². The molecule has 1 aromatic carbocycles. The zero-order chi connectivity index (χ0) is 17.1. The first kappa shape index (κ1) is 16.5. The molecule has 1 N–H and O–H groups in total. The summed E-state index contributed by atoms with van der Waals surface area (Å²) in [6, 6.07) is 8.17. The molecule has 0 spiro atoms. The molecule has 1 aromatic heterocycles. The molecule has 6 heteroatoms. The van der Waals surface area contributed by atoms with Crippen LogP contribution < -0.4 is 5.32 Å². The first-order chi connectivity index (χ1) is 11.5. The van der Waals surface area contributed by atoms with Gasteiger partial charge < -0.3 is 19.4 Å². The third-order valence-corrected chi connectivity index (χ3v) is 4.22.